The lowest BCUT2D eigenvalue weighted by Gasteiger charge is -2.37. The maximum atomic E-state index is 5.85. The van der Waals surface area contributed by atoms with Crippen LogP contribution in [0.1, 0.15) is 18.4 Å². The molecule has 7 heteroatoms. The molecule has 0 radical (unpaired) electrons. The molecule has 1 aliphatic heterocycles. The fourth-order valence-corrected chi connectivity index (χ4v) is 3.52. The summed E-state index contributed by atoms with van der Waals surface area (Å²) in [6.45, 7) is 4.07. The van der Waals surface area contributed by atoms with Crippen molar-refractivity contribution in [1.29, 1.82) is 0 Å². The van der Waals surface area contributed by atoms with E-state index in [2.05, 4.69) is 53.7 Å². The van der Waals surface area contributed by atoms with Crippen molar-refractivity contribution in [1.82, 2.24) is 15.0 Å². The number of hydrogen-bond donors (Lipinski definition) is 0. The zero-order valence-electron chi connectivity index (χ0n) is 13.2. The van der Waals surface area contributed by atoms with Crippen LogP contribution >= 0.6 is 27.5 Å². The third-order valence-electron chi connectivity index (χ3n) is 4.25. The van der Waals surface area contributed by atoms with E-state index in [1.807, 2.05) is 13.2 Å². The first-order valence-electron chi connectivity index (χ1n) is 7.62. The Balaban J connectivity index is 1.65. The van der Waals surface area contributed by atoms with E-state index in [1.54, 1.807) is 12.4 Å². The van der Waals surface area contributed by atoms with Gasteiger partial charge in [-0.25, -0.2) is 15.0 Å². The van der Waals surface area contributed by atoms with E-state index in [9.17, 15) is 0 Å². The van der Waals surface area contributed by atoms with Crippen LogP contribution in [0.2, 0.25) is 5.02 Å². The Morgan fingerprint density at radius 3 is 2.43 bits per heavy atom. The number of pyridine rings is 1. The Morgan fingerprint density at radius 1 is 1.17 bits per heavy atom. The normalized spacial score (nSPS) is 15.7. The third-order valence-corrected chi connectivity index (χ3v) is 4.88. The van der Waals surface area contributed by atoms with Crippen LogP contribution in [0.4, 0.5) is 11.8 Å². The molecule has 2 aromatic rings. The molecule has 23 heavy (non-hydrogen) atoms. The summed E-state index contributed by atoms with van der Waals surface area (Å²) in [6.07, 6.45) is 7.26. The Bertz CT molecular complexity index is 671. The molecule has 1 aliphatic rings. The van der Waals surface area contributed by atoms with Gasteiger partial charge in [0.25, 0.3) is 0 Å². The summed E-state index contributed by atoms with van der Waals surface area (Å²) in [5, 5.41) is 0.564. The first kappa shape index (κ1) is 16.5. The number of anilines is 2. The van der Waals surface area contributed by atoms with Gasteiger partial charge >= 0.3 is 0 Å². The molecule has 0 atom stereocenters. The molecule has 0 N–H and O–H groups in total. The SMILES string of the molecule is Cc1cc(Br)cnc1N1CCC(N(C)c2ncc(Cl)cn2)CC1. The van der Waals surface area contributed by atoms with Crippen LogP contribution in [0.5, 0.6) is 0 Å². The van der Waals surface area contributed by atoms with Gasteiger partial charge in [-0.3, -0.25) is 0 Å². The molecular formula is C16H19BrClN5. The van der Waals surface area contributed by atoms with Crippen LogP contribution in [0, 0.1) is 6.92 Å². The van der Waals surface area contributed by atoms with Gasteiger partial charge in [0.1, 0.15) is 5.82 Å². The van der Waals surface area contributed by atoms with Gasteiger partial charge in [-0.2, -0.15) is 0 Å². The number of hydrogen-bond acceptors (Lipinski definition) is 5. The summed E-state index contributed by atoms with van der Waals surface area (Å²) in [7, 11) is 2.05. The van der Waals surface area contributed by atoms with Crippen LogP contribution in [0.3, 0.4) is 0 Å². The van der Waals surface area contributed by atoms with E-state index in [4.69, 9.17) is 11.6 Å². The van der Waals surface area contributed by atoms with E-state index >= 15 is 0 Å². The molecule has 5 nitrogen and oxygen atoms in total. The molecule has 0 spiro atoms. The highest BCUT2D eigenvalue weighted by Gasteiger charge is 2.25. The van der Waals surface area contributed by atoms with Crippen LogP contribution in [0.15, 0.2) is 29.1 Å². The standard InChI is InChI=1S/C16H19BrClN5/c1-11-7-12(17)8-19-15(11)23-5-3-14(4-6-23)22(2)16-20-9-13(18)10-21-16/h7-10,14H,3-6H2,1-2H3. The van der Waals surface area contributed by atoms with Gasteiger partial charge in [-0.1, -0.05) is 11.6 Å². The minimum Gasteiger partial charge on any atom is -0.356 e. The van der Waals surface area contributed by atoms with Crippen LogP contribution in [0.25, 0.3) is 0 Å². The number of aromatic nitrogens is 3. The number of rotatable bonds is 3. The van der Waals surface area contributed by atoms with Crippen LogP contribution in [-0.2, 0) is 0 Å². The van der Waals surface area contributed by atoms with Crippen molar-refractivity contribution >= 4 is 39.3 Å². The van der Waals surface area contributed by atoms with E-state index < -0.39 is 0 Å². The fourth-order valence-electron chi connectivity index (χ4n) is 2.98. The first-order chi connectivity index (χ1) is 11.0. The second-order valence-corrected chi connectivity index (χ2v) is 7.18. The van der Waals surface area contributed by atoms with Gasteiger partial charge in [-0.05, 0) is 47.3 Å². The zero-order valence-corrected chi connectivity index (χ0v) is 15.5. The number of aryl methyl sites for hydroxylation is 1. The van der Waals surface area contributed by atoms with E-state index in [0.29, 0.717) is 11.1 Å². The lowest BCUT2D eigenvalue weighted by atomic mass is 10.0. The van der Waals surface area contributed by atoms with Gasteiger partial charge in [0.15, 0.2) is 0 Å². The first-order valence-corrected chi connectivity index (χ1v) is 8.79. The Labute approximate surface area is 149 Å². The molecule has 3 heterocycles. The summed E-state index contributed by atoms with van der Waals surface area (Å²) in [4.78, 5) is 17.7. The number of halogens is 2. The monoisotopic (exact) mass is 395 g/mol. The molecule has 0 aliphatic carbocycles. The maximum Gasteiger partial charge on any atom is 0.225 e. The Hall–Kier alpha value is -1.40. The van der Waals surface area contributed by atoms with Crippen molar-refractivity contribution in [3.8, 4) is 0 Å². The van der Waals surface area contributed by atoms with Crippen molar-refractivity contribution in [3.63, 3.8) is 0 Å². The molecule has 2 aromatic heterocycles. The van der Waals surface area contributed by atoms with Gasteiger partial charge in [0, 0.05) is 36.8 Å². The molecule has 0 saturated carbocycles. The highest BCUT2D eigenvalue weighted by Crippen LogP contribution is 2.26. The van der Waals surface area contributed by atoms with Gasteiger partial charge in [0.2, 0.25) is 5.95 Å². The minimum absolute atomic E-state index is 0.433. The molecule has 122 valence electrons. The topological polar surface area (TPSA) is 45.2 Å². The van der Waals surface area contributed by atoms with Crippen LogP contribution < -0.4 is 9.80 Å². The average Bonchev–Trinajstić information content (AvgIpc) is 2.55. The predicted octanol–water partition coefficient (Wildman–Crippen LogP) is 3.70. The molecule has 1 saturated heterocycles. The number of nitrogens with zero attached hydrogens (tertiary/aromatic N) is 5. The quantitative estimate of drug-likeness (QED) is 0.791. The summed E-state index contributed by atoms with van der Waals surface area (Å²) >= 11 is 9.32. The van der Waals surface area contributed by atoms with Crippen molar-refractivity contribution in [2.75, 3.05) is 29.9 Å². The molecular weight excluding hydrogens is 378 g/mol. The largest absolute Gasteiger partial charge is 0.356 e. The maximum absolute atomic E-state index is 5.85. The lowest BCUT2D eigenvalue weighted by molar-refractivity contribution is 0.475. The minimum atomic E-state index is 0.433. The van der Waals surface area contributed by atoms with Crippen molar-refractivity contribution in [2.24, 2.45) is 0 Å². The molecule has 0 unspecified atom stereocenters. The Morgan fingerprint density at radius 2 is 1.83 bits per heavy atom. The van der Waals surface area contributed by atoms with E-state index in [0.717, 1.165) is 42.2 Å². The highest BCUT2D eigenvalue weighted by molar-refractivity contribution is 9.10. The molecule has 0 aromatic carbocycles. The summed E-state index contributed by atoms with van der Waals surface area (Å²) in [5.41, 5.74) is 1.20. The molecule has 1 fully saturated rings. The third kappa shape index (κ3) is 3.75. The van der Waals surface area contributed by atoms with E-state index in [1.165, 1.54) is 5.56 Å². The van der Waals surface area contributed by atoms with Gasteiger partial charge in [-0.15, -0.1) is 0 Å². The Kier molecular flexibility index (Phi) is 5.02. The van der Waals surface area contributed by atoms with Crippen molar-refractivity contribution in [2.45, 2.75) is 25.8 Å². The second kappa shape index (κ2) is 7.01. The predicted molar refractivity (Wildman–Crippen MR) is 97.4 cm³/mol. The highest BCUT2D eigenvalue weighted by atomic mass is 79.9. The average molecular weight is 397 g/mol. The molecule has 3 rings (SSSR count). The summed E-state index contributed by atoms with van der Waals surface area (Å²) < 4.78 is 1.02. The van der Waals surface area contributed by atoms with E-state index in [-0.39, 0.29) is 0 Å². The summed E-state index contributed by atoms with van der Waals surface area (Å²) in [5.74, 6) is 1.81. The number of piperidine rings is 1. The smallest absolute Gasteiger partial charge is 0.225 e. The second-order valence-electron chi connectivity index (χ2n) is 5.82. The molecule has 0 bridgehead atoms. The fraction of sp³-hybridized carbons (Fsp3) is 0.438. The van der Waals surface area contributed by atoms with Crippen molar-refractivity contribution in [3.05, 3.63) is 39.7 Å². The summed E-state index contributed by atoms with van der Waals surface area (Å²) in [6, 6.07) is 2.55. The van der Waals surface area contributed by atoms with Gasteiger partial charge < -0.3 is 9.80 Å². The van der Waals surface area contributed by atoms with Gasteiger partial charge in [0.05, 0.1) is 17.4 Å². The zero-order chi connectivity index (χ0) is 16.4. The van der Waals surface area contributed by atoms with Crippen molar-refractivity contribution < 1.29 is 0 Å². The van der Waals surface area contributed by atoms with Crippen LogP contribution in [-0.4, -0.2) is 41.1 Å². The molecule has 0 amide bonds. The lowest BCUT2D eigenvalue weighted by Crippen LogP contribution is -2.44.